The van der Waals surface area contributed by atoms with Crippen molar-refractivity contribution in [2.24, 2.45) is 5.92 Å². The number of rotatable bonds is 2. The highest BCUT2D eigenvalue weighted by molar-refractivity contribution is 9.09. The van der Waals surface area contributed by atoms with Gasteiger partial charge in [-0.15, -0.1) is 0 Å². The Hall–Kier alpha value is -0.130. The zero-order valence-electron chi connectivity index (χ0n) is 8.94. The van der Waals surface area contributed by atoms with E-state index in [4.69, 9.17) is 4.74 Å². The molecule has 2 rings (SSSR count). The average Bonchev–Trinajstić information content (AvgIpc) is 2.09. The molecule has 86 valence electrons. The minimum absolute atomic E-state index is 0.147. The number of hydrogen-bond acceptors (Lipinski definition) is 4. The van der Waals surface area contributed by atoms with Crippen LogP contribution in [0, 0.1) is 5.92 Å². The van der Waals surface area contributed by atoms with Gasteiger partial charge in [0.25, 0.3) is 0 Å². The molecule has 2 aliphatic rings. The van der Waals surface area contributed by atoms with Gasteiger partial charge in [-0.1, -0.05) is 15.9 Å². The second kappa shape index (κ2) is 3.71. The van der Waals surface area contributed by atoms with Crippen LogP contribution in [0.25, 0.3) is 0 Å². The minimum Gasteiger partial charge on any atom is -0.444 e. The molecule has 0 saturated carbocycles. The van der Waals surface area contributed by atoms with E-state index in [2.05, 4.69) is 20.8 Å². The number of hydrogen-bond donors (Lipinski definition) is 1. The van der Waals surface area contributed by atoms with Gasteiger partial charge in [-0.05, 0) is 13.8 Å². The quantitative estimate of drug-likeness (QED) is 0.597. The van der Waals surface area contributed by atoms with Crippen molar-refractivity contribution < 1.29 is 14.6 Å². The summed E-state index contributed by atoms with van der Waals surface area (Å²) in [5.41, 5.74) is -0.511. The molecule has 0 aliphatic carbocycles. The Morgan fingerprint density at radius 3 is 3.00 bits per heavy atom. The molecule has 0 aromatic rings. The van der Waals surface area contributed by atoms with Crippen molar-refractivity contribution in [2.45, 2.75) is 38.1 Å². The van der Waals surface area contributed by atoms with Gasteiger partial charge in [0.15, 0.2) is 5.72 Å². The molecule has 0 aromatic carbocycles. The summed E-state index contributed by atoms with van der Waals surface area (Å²) in [6.07, 6.45) is 0.0333. The minimum atomic E-state index is -0.511. The van der Waals surface area contributed by atoms with Gasteiger partial charge in [0, 0.05) is 23.8 Å². The first-order chi connectivity index (χ1) is 6.95. The lowest BCUT2D eigenvalue weighted by Gasteiger charge is -2.58. The molecule has 3 atom stereocenters. The summed E-state index contributed by atoms with van der Waals surface area (Å²) in [5.74, 6) is 0.0317. The molecule has 15 heavy (non-hydrogen) atoms. The topological polar surface area (TPSA) is 49.8 Å². The summed E-state index contributed by atoms with van der Waals surface area (Å²) in [6, 6.07) is 0.147. The van der Waals surface area contributed by atoms with Gasteiger partial charge in [0.1, 0.15) is 0 Å². The van der Waals surface area contributed by atoms with Crippen molar-refractivity contribution in [3.63, 3.8) is 0 Å². The normalized spacial score (nSPS) is 36.4. The van der Waals surface area contributed by atoms with Crippen LogP contribution >= 0.6 is 15.9 Å². The summed E-state index contributed by atoms with van der Waals surface area (Å²) in [7, 11) is 0. The van der Waals surface area contributed by atoms with Crippen LogP contribution in [0.1, 0.15) is 20.3 Å². The Balaban J connectivity index is 2.08. The molecule has 1 N–H and O–H groups in total. The Morgan fingerprint density at radius 1 is 1.73 bits per heavy atom. The molecule has 2 aliphatic heterocycles. The number of carbonyl (C=O) groups is 1. The highest BCUT2D eigenvalue weighted by Crippen LogP contribution is 2.40. The number of carbonyl (C=O) groups excluding carboxylic acids is 1. The smallest absolute Gasteiger partial charge is 0.309 e. The van der Waals surface area contributed by atoms with E-state index in [9.17, 15) is 9.90 Å². The van der Waals surface area contributed by atoms with E-state index in [-0.39, 0.29) is 24.0 Å². The molecule has 0 bridgehead atoms. The molecular weight excluding hydrogens is 262 g/mol. The first-order valence-electron chi connectivity index (χ1n) is 5.18. The van der Waals surface area contributed by atoms with E-state index in [1.165, 1.54) is 0 Å². The Bertz CT molecular complexity index is 282. The van der Waals surface area contributed by atoms with Gasteiger partial charge in [-0.2, -0.15) is 0 Å². The van der Waals surface area contributed by atoms with Crippen LogP contribution in [-0.2, 0) is 9.53 Å². The fraction of sp³-hybridized carbons (Fsp3) is 0.900. The predicted molar refractivity (Wildman–Crippen MR) is 58.6 cm³/mol. The Morgan fingerprint density at radius 2 is 2.40 bits per heavy atom. The van der Waals surface area contributed by atoms with Crippen LogP contribution in [0.3, 0.4) is 0 Å². The number of cyclic esters (lactones) is 1. The monoisotopic (exact) mass is 277 g/mol. The van der Waals surface area contributed by atoms with Crippen molar-refractivity contribution in [2.75, 3.05) is 11.9 Å². The van der Waals surface area contributed by atoms with E-state index in [0.717, 1.165) is 6.54 Å². The maximum Gasteiger partial charge on any atom is 0.309 e. The molecule has 2 saturated heterocycles. The second-order valence-electron chi connectivity index (χ2n) is 4.73. The Labute approximate surface area is 97.7 Å². The van der Waals surface area contributed by atoms with E-state index < -0.39 is 5.72 Å². The summed E-state index contributed by atoms with van der Waals surface area (Å²) < 4.78 is 5.26. The summed E-state index contributed by atoms with van der Waals surface area (Å²) >= 11 is 3.27. The van der Waals surface area contributed by atoms with Crippen LogP contribution in [0.5, 0.6) is 0 Å². The third kappa shape index (κ3) is 1.81. The van der Waals surface area contributed by atoms with Crippen molar-refractivity contribution in [1.82, 2.24) is 4.90 Å². The van der Waals surface area contributed by atoms with E-state index in [1.54, 1.807) is 0 Å². The van der Waals surface area contributed by atoms with Crippen LogP contribution in [0.15, 0.2) is 0 Å². The van der Waals surface area contributed by atoms with Gasteiger partial charge in [-0.3, -0.25) is 9.69 Å². The lowest BCUT2D eigenvalue weighted by molar-refractivity contribution is -0.241. The number of fused-ring (bicyclic) bond motifs is 1. The van der Waals surface area contributed by atoms with Gasteiger partial charge in [-0.25, -0.2) is 0 Å². The molecule has 0 amide bonds. The van der Waals surface area contributed by atoms with Crippen molar-refractivity contribution in [3.8, 4) is 0 Å². The van der Waals surface area contributed by atoms with E-state index in [0.29, 0.717) is 11.8 Å². The highest BCUT2D eigenvalue weighted by atomic mass is 79.9. The number of nitrogens with zero attached hydrogens (tertiary/aromatic N) is 1. The van der Waals surface area contributed by atoms with Crippen LogP contribution in [0.2, 0.25) is 0 Å². The standard InChI is InChI=1S/C10H16BrNO3/c1-10(2)12-5-6(8(13)4-11)7(12)3-9(14)15-10/h6-8,13H,3-5H2,1-2H3/t6-,7-,8-/m1/s1. The fourth-order valence-corrected chi connectivity index (χ4v) is 2.98. The van der Waals surface area contributed by atoms with Gasteiger partial charge in [0.2, 0.25) is 0 Å². The third-order valence-electron chi connectivity index (χ3n) is 3.39. The average molecular weight is 278 g/mol. The molecular formula is C10H16BrNO3. The zero-order chi connectivity index (χ0) is 11.2. The van der Waals surface area contributed by atoms with Gasteiger partial charge < -0.3 is 9.84 Å². The van der Waals surface area contributed by atoms with Gasteiger partial charge in [0.05, 0.1) is 12.5 Å². The number of esters is 1. The van der Waals surface area contributed by atoms with E-state index in [1.807, 2.05) is 13.8 Å². The number of ether oxygens (including phenoxy) is 1. The molecule has 2 fully saturated rings. The van der Waals surface area contributed by atoms with Gasteiger partial charge >= 0.3 is 5.97 Å². The van der Waals surface area contributed by atoms with Crippen molar-refractivity contribution in [3.05, 3.63) is 0 Å². The van der Waals surface area contributed by atoms with Crippen LogP contribution < -0.4 is 0 Å². The maximum atomic E-state index is 11.4. The predicted octanol–water partition coefficient (Wildman–Crippen LogP) is 0.726. The number of alkyl halides is 1. The number of aliphatic hydroxyl groups excluding tert-OH is 1. The fourth-order valence-electron chi connectivity index (χ4n) is 2.50. The second-order valence-corrected chi connectivity index (χ2v) is 5.38. The number of aliphatic hydroxyl groups is 1. The first-order valence-corrected chi connectivity index (χ1v) is 6.30. The lowest BCUT2D eigenvalue weighted by atomic mass is 9.79. The molecule has 0 radical (unpaired) electrons. The molecule has 0 unspecified atom stereocenters. The van der Waals surface area contributed by atoms with Crippen molar-refractivity contribution >= 4 is 21.9 Å². The molecule has 2 heterocycles. The van der Waals surface area contributed by atoms with Crippen LogP contribution in [0.4, 0.5) is 0 Å². The zero-order valence-corrected chi connectivity index (χ0v) is 10.5. The maximum absolute atomic E-state index is 11.4. The molecule has 5 heteroatoms. The molecule has 0 aromatic heterocycles. The molecule has 0 spiro atoms. The third-order valence-corrected chi connectivity index (χ3v) is 4.05. The first kappa shape index (κ1) is 11.4. The summed E-state index contributed by atoms with van der Waals surface area (Å²) in [4.78, 5) is 13.5. The van der Waals surface area contributed by atoms with Crippen LogP contribution in [-0.4, -0.2) is 45.7 Å². The largest absolute Gasteiger partial charge is 0.444 e. The summed E-state index contributed by atoms with van der Waals surface area (Å²) in [6.45, 7) is 4.60. The number of halogens is 1. The highest BCUT2D eigenvalue weighted by Gasteiger charge is 2.54. The van der Waals surface area contributed by atoms with Crippen molar-refractivity contribution in [1.29, 1.82) is 0 Å². The van der Waals surface area contributed by atoms with E-state index >= 15 is 0 Å². The lowest BCUT2D eigenvalue weighted by Crippen LogP contribution is -2.71. The Kier molecular flexibility index (Phi) is 2.81. The summed E-state index contributed by atoms with van der Waals surface area (Å²) in [5, 5.41) is 10.3. The SMILES string of the molecule is CC1(C)OC(=O)C[C@@H]2[C@H]([C@H](O)CBr)CN21. The molecule has 4 nitrogen and oxygen atoms in total.